The molecule has 7 nitrogen and oxygen atoms in total. The molecular formula is C20H24N4O3. The first-order chi connectivity index (χ1) is 13.1. The zero-order valence-electron chi connectivity index (χ0n) is 15.7. The molecule has 2 aromatic rings. The number of hydrogen-bond donors (Lipinski definition) is 0. The standard InChI is InChI=1S/C20H24N4O3/c1-23(2)19-21-10-15-11-26-14-20(18(15)22-19)8-9-24(13-20)17(25)12-27-16-6-4-3-5-7-16/h3-7,10H,8-9,11-14H2,1-2H3/t20-/m0/s1. The van der Waals surface area contributed by atoms with Crippen LogP contribution in [0.25, 0.3) is 0 Å². The van der Waals surface area contributed by atoms with Crippen molar-refractivity contribution in [3.63, 3.8) is 0 Å². The second kappa shape index (κ2) is 7.15. The predicted molar refractivity (Wildman–Crippen MR) is 101 cm³/mol. The van der Waals surface area contributed by atoms with Crippen molar-refractivity contribution in [3.8, 4) is 5.75 Å². The Hall–Kier alpha value is -2.67. The quantitative estimate of drug-likeness (QED) is 0.817. The number of aromatic nitrogens is 2. The van der Waals surface area contributed by atoms with E-state index in [0.29, 0.717) is 38.0 Å². The Kier molecular flexibility index (Phi) is 4.70. The van der Waals surface area contributed by atoms with E-state index in [1.165, 1.54) is 0 Å². The lowest BCUT2D eigenvalue weighted by Gasteiger charge is -2.34. The van der Waals surface area contributed by atoms with Gasteiger partial charge in [0.1, 0.15) is 5.75 Å². The summed E-state index contributed by atoms with van der Waals surface area (Å²) in [7, 11) is 3.86. The fourth-order valence-electron chi connectivity index (χ4n) is 3.75. The van der Waals surface area contributed by atoms with Crippen LogP contribution in [0.2, 0.25) is 0 Å². The minimum absolute atomic E-state index is 0.00950. The van der Waals surface area contributed by atoms with Crippen molar-refractivity contribution in [1.29, 1.82) is 0 Å². The number of fused-ring (bicyclic) bond motifs is 2. The number of ether oxygens (including phenoxy) is 2. The van der Waals surface area contributed by atoms with Crippen LogP contribution in [0.5, 0.6) is 5.75 Å². The zero-order valence-corrected chi connectivity index (χ0v) is 15.7. The molecule has 0 N–H and O–H groups in total. The van der Waals surface area contributed by atoms with Gasteiger partial charge < -0.3 is 19.3 Å². The first kappa shape index (κ1) is 17.7. The van der Waals surface area contributed by atoms with Gasteiger partial charge in [-0.1, -0.05) is 18.2 Å². The topological polar surface area (TPSA) is 67.8 Å². The third kappa shape index (κ3) is 3.47. The van der Waals surface area contributed by atoms with Crippen LogP contribution in [0.3, 0.4) is 0 Å². The molecule has 1 spiro atoms. The van der Waals surface area contributed by atoms with E-state index in [1.807, 2.05) is 60.4 Å². The molecule has 1 aromatic carbocycles. The molecule has 2 aliphatic heterocycles. The van der Waals surface area contributed by atoms with E-state index in [0.717, 1.165) is 17.7 Å². The van der Waals surface area contributed by atoms with Crippen molar-refractivity contribution >= 4 is 11.9 Å². The Morgan fingerprint density at radius 2 is 2.15 bits per heavy atom. The van der Waals surface area contributed by atoms with Gasteiger partial charge in [0, 0.05) is 38.9 Å². The number of carbonyl (C=O) groups excluding carboxylic acids is 1. The van der Waals surface area contributed by atoms with E-state index in [1.54, 1.807) is 0 Å². The highest BCUT2D eigenvalue weighted by atomic mass is 16.5. The number of nitrogens with zero attached hydrogens (tertiary/aromatic N) is 4. The molecule has 1 fully saturated rings. The van der Waals surface area contributed by atoms with Crippen LogP contribution < -0.4 is 9.64 Å². The molecule has 0 saturated carbocycles. The largest absolute Gasteiger partial charge is 0.484 e. The zero-order chi connectivity index (χ0) is 18.9. The van der Waals surface area contributed by atoms with Crippen molar-refractivity contribution in [2.45, 2.75) is 18.4 Å². The van der Waals surface area contributed by atoms with Crippen LogP contribution in [0.4, 0.5) is 5.95 Å². The molecule has 0 aliphatic carbocycles. The molecule has 2 aliphatic rings. The highest BCUT2D eigenvalue weighted by Gasteiger charge is 2.46. The van der Waals surface area contributed by atoms with Crippen molar-refractivity contribution in [2.75, 3.05) is 45.3 Å². The number of hydrogen-bond acceptors (Lipinski definition) is 6. The lowest BCUT2D eigenvalue weighted by molar-refractivity contribution is -0.132. The lowest BCUT2D eigenvalue weighted by Crippen LogP contribution is -2.42. The van der Waals surface area contributed by atoms with E-state index >= 15 is 0 Å². The maximum Gasteiger partial charge on any atom is 0.260 e. The third-order valence-corrected chi connectivity index (χ3v) is 5.20. The van der Waals surface area contributed by atoms with Crippen LogP contribution >= 0.6 is 0 Å². The van der Waals surface area contributed by atoms with Gasteiger partial charge in [0.25, 0.3) is 5.91 Å². The summed E-state index contributed by atoms with van der Waals surface area (Å²) in [5.41, 5.74) is 1.78. The molecule has 1 aromatic heterocycles. The molecule has 4 rings (SSSR count). The number of para-hydroxylation sites is 1. The fourth-order valence-corrected chi connectivity index (χ4v) is 3.75. The van der Waals surface area contributed by atoms with Crippen molar-refractivity contribution < 1.29 is 14.3 Å². The summed E-state index contributed by atoms with van der Waals surface area (Å²) in [4.78, 5) is 25.6. The molecule has 0 bridgehead atoms. The summed E-state index contributed by atoms with van der Waals surface area (Å²) < 4.78 is 11.4. The first-order valence-corrected chi connectivity index (χ1v) is 9.14. The van der Waals surface area contributed by atoms with Gasteiger partial charge in [0.15, 0.2) is 6.61 Å². The molecule has 1 saturated heterocycles. The highest BCUT2D eigenvalue weighted by Crippen LogP contribution is 2.39. The molecule has 1 amide bonds. The number of amides is 1. The van der Waals surface area contributed by atoms with Crippen LogP contribution in [0, 0.1) is 0 Å². The van der Waals surface area contributed by atoms with Crippen molar-refractivity contribution in [2.24, 2.45) is 0 Å². The third-order valence-electron chi connectivity index (χ3n) is 5.20. The fraction of sp³-hybridized carbons (Fsp3) is 0.450. The Balaban J connectivity index is 1.49. The average Bonchev–Trinajstić information content (AvgIpc) is 3.12. The molecular weight excluding hydrogens is 344 g/mol. The highest BCUT2D eigenvalue weighted by molar-refractivity contribution is 5.78. The minimum atomic E-state index is -0.260. The van der Waals surface area contributed by atoms with Gasteiger partial charge in [-0.3, -0.25) is 4.79 Å². The second-order valence-corrected chi connectivity index (χ2v) is 7.38. The molecule has 0 radical (unpaired) electrons. The van der Waals surface area contributed by atoms with Crippen LogP contribution in [0.15, 0.2) is 36.5 Å². The van der Waals surface area contributed by atoms with Crippen molar-refractivity contribution in [1.82, 2.24) is 14.9 Å². The Morgan fingerprint density at radius 1 is 1.33 bits per heavy atom. The second-order valence-electron chi connectivity index (χ2n) is 7.38. The molecule has 0 unspecified atom stereocenters. The summed E-state index contributed by atoms with van der Waals surface area (Å²) in [5, 5.41) is 0. The molecule has 27 heavy (non-hydrogen) atoms. The molecule has 142 valence electrons. The minimum Gasteiger partial charge on any atom is -0.484 e. The van der Waals surface area contributed by atoms with Crippen LogP contribution in [-0.4, -0.2) is 61.2 Å². The SMILES string of the molecule is CN(C)c1ncc2c(n1)[C@]1(CCN(C(=O)COc3ccccc3)C1)COC2. The normalized spacial score (nSPS) is 21.2. The Labute approximate surface area is 158 Å². The van der Waals surface area contributed by atoms with Crippen LogP contribution in [-0.2, 0) is 21.6 Å². The molecule has 3 heterocycles. The first-order valence-electron chi connectivity index (χ1n) is 9.14. The smallest absolute Gasteiger partial charge is 0.260 e. The number of likely N-dealkylation sites (tertiary alicyclic amines) is 1. The lowest BCUT2D eigenvalue weighted by atomic mass is 9.80. The summed E-state index contributed by atoms with van der Waals surface area (Å²) in [6, 6.07) is 9.41. The van der Waals surface area contributed by atoms with Gasteiger partial charge in [-0.05, 0) is 18.6 Å². The predicted octanol–water partition coefficient (Wildman–Crippen LogP) is 1.62. The Bertz CT molecular complexity index is 827. The van der Waals surface area contributed by atoms with Crippen LogP contribution in [0.1, 0.15) is 17.7 Å². The van der Waals surface area contributed by atoms with E-state index < -0.39 is 0 Å². The number of anilines is 1. The number of carbonyl (C=O) groups is 1. The average molecular weight is 368 g/mol. The van der Waals surface area contributed by atoms with Gasteiger partial charge in [-0.25, -0.2) is 9.97 Å². The molecule has 7 heteroatoms. The van der Waals surface area contributed by atoms with Gasteiger partial charge in [-0.2, -0.15) is 0 Å². The van der Waals surface area contributed by atoms with E-state index in [4.69, 9.17) is 14.5 Å². The Morgan fingerprint density at radius 3 is 2.93 bits per heavy atom. The molecule has 1 atom stereocenters. The van der Waals surface area contributed by atoms with E-state index in [9.17, 15) is 4.79 Å². The van der Waals surface area contributed by atoms with Gasteiger partial charge in [-0.15, -0.1) is 0 Å². The van der Waals surface area contributed by atoms with Gasteiger partial charge in [0.05, 0.1) is 24.3 Å². The monoisotopic (exact) mass is 368 g/mol. The van der Waals surface area contributed by atoms with E-state index in [2.05, 4.69) is 4.98 Å². The summed E-state index contributed by atoms with van der Waals surface area (Å²) in [6.07, 6.45) is 2.68. The maximum absolute atomic E-state index is 12.7. The van der Waals surface area contributed by atoms with E-state index in [-0.39, 0.29) is 17.9 Å². The van der Waals surface area contributed by atoms with Gasteiger partial charge in [0.2, 0.25) is 5.95 Å². The summed E-state index contributed by atoms with van der Waals surface area (Å²) >= 11 is 0. The number of rotatable bonds is 4. The summed E-state index contributed by atoms with van der Waals surface area (Å²) in [5.74, 6) is 1.38. The van der Waals surface area contributed by atoms with Gasteiger partial charge >= 0.3 is 0 Å². The summed E-state index contributed by atoms with van der Waals surface area (Å²) in [6.45, 7) is 2.42. The maximum atomic E-state index is 12.7. The van der Waals surface area contributed by atoms with Crippen molar-refractivity contribution in [3.05, 3.63) is 47.8 Å². The number of benzene rings is 1.